The Morgan fingerprint density at radius 3 is 2.40 bits per heavy atom. The molecule has 0 saturated carbocycles. The Kier molecular flexibility index (Phi) is 8.70. The second-order valence-electron chi connectivity index (χ2n) is 5.85. The van der Waals surface area contributed by atoms with E-state index in [-0.39, 0.29) is 12.7 Å². The Bertz CT molecular complexity index is 601. The fourth-order valence-electron chi connectivity index (χ4n) is 2.58. The zero-order valence-corrected chi connectivity index (χ0v) is 15.5. The van der Waals surface area contributed by atoms with E-state index < -0.39 is 12.1 Å². The van der Waals surface area contributed by atoms with Crippen molar-refractivity contribution in [2.75, 3.05) is 13.7 Å². The van der Waals surface area contributed by atoms with Gasteiger partial charge in [0, 0.05) is 7.11 Å². The molecule has 0 aliphatic rings. The van der Waals surface area contributed by atoms with Crippen LogP contribution in [-0.4, -0.2) is 31.9 Å². The van der Waals surface area contributed by atoms with Crippen molar-refractivity contribution in [3.05, 3.63) is 46.5 Å². The molecule has 1 N–H and O–H groups in total. The zero-order chi connectivity index (χ0) is 18.8. The van der Waals surface area contributed by atoms with E-state index in [1.165, 1.54) is 0 Å². The lowest BCUT2D eigenvalue weighted by molar-refractivity contribution is 0.0221. The van der Waals surface area contributed by atoms with Crippen LogP contribution in [0, 0.1) is 20.8 Å². The van der Waals surface area contributed by atoms with E-state index in [2.05, 4.69) is 6.92 Å². The minimum atomic E-state index is -0.829. The van der Waals surface area contributed by atoms with Gasteiger partial charge in [-0.2, -0.15) is 0 Å². The van der Waals surface area contributed by atoms with Crippen LogP contribution in [0.2, 0.25) is 0 Å². The van der Waals surface area contributed by atoms with Gasteiger partial charge in [0.15, 0.2) is 0 Å². The minimum absolute atomic E-state index is 0.00183. The molecular formula is C19H27NO5. The molecule has 0 aliphatic carbocycles. The topological polar surface area (TPSA) is 73.9 Å². The molecule has 6 heteroatoms. The standard InChI is InChI=1S/C19H27NO5/c1-6-8-16(23-5)9-7-10-24-19(22)20-25-18(21)17-14(3)11-13(2)12-15(17)4/h7,9,11-12,16H,6,8,10H2,1-5H3,(H,20,22)/b9-7-. The molecule has 1 aromatic carbocycles. The number of amides is 1. The van der Waals surface area contributed by atoms with Gasteiger partial charge in [-0.05, 0) is 44.4 Å². The van der Waals surface area contributed by atoms with Gasteiger partial charge in [0.25, 0.3) is 0 Å². The van der Waals surface area contributed by atoms with E-state index >= 15 is 0 Å². The predicted octanol–water partition coefficient (Wildman–Crippen LogP) is 3.78. The van der Waals surface area contributed by atoms with Crippen LogP contribution in [-0.2, 0) is 14.3 Å². The van der Waals surface area contributed by atoms with Crippen LogP contribution in [0.4, 0.5) is 4.79 Å². The van der Waals surface area contributed by atoms with Gasteiger partial charge in [-0.25, -0.2) is 9.59 Å². The lowest BCUT2D eigenvalue weighted by atomic mass is 10.0. The highest BCUT2D eigenvalue weighted by Gasteiger charge is 2.16. The lowest BCUT2D eigenvalue weighted by Crippen LogP contribution is -2.28. The van der Waals surface area contributed by atoms with Crippen LogP contribution >= 0.6 is 0 Å². The van der Waals surface area contributed by atoms with Crippen LogP contribution in [0.15, 0.2) is 24.3 Å². The van der Waals surface area contributed by atoms with E-state index in [9.17, 15) is 9.59 Å². The van der Waals surface area contributed by atoms with Gasteiger partial charge in [-0.3, -0.25) is 0 Å². The molecule has 0 saturated heterocycles. The molecule has 0 aromatic heterocycles. The smallest absolute Gasteiger partial charge is 0.441 e. The molecule has 0 fully saturated rings. The number of carbonyl (C=O) groups excluding carboxylic acids is 2. The van der Waals surface area contributed by atoms with E-state index in [4.69, 9.17) is 14.3 Å². The first kappa shape index (κ1) is 20.7. The summed E-state index contributed by atoms with van der Waals surface area (Å²) in [6.45, 7) is 7.72. The Balaban J connectivity index is 2.44. The summed E-state index contributed by atoms with van der Waals surface area (Å²) in [5.74, 6) is -0.620. The SMILES string of the molecule is CCCC(/C=C\COC(=O)NOC(=O)c1c(C)cc(C)cc1C)OC. The number of benzene rings is 1. The third-order valence-electron chi connectivity index (χ3n) is 3.65. The highest BCUT2D eigenvalue weighted by Crippen LogP contribution is 2.17. The zero-order valence-electron chi connectivity index (χ0n) is 15.5. The number of rotatable bonds is 7. The molecule has 0 heterocycles. The van der Waals surface area contributed by atoms with E-state index in [0.717, 1.165) is 29.5 Å². The summed E-state index contributed by atoms with van der Waals surface area (Å²) in [5, 5.41) is 0. The molecule has 0 radical (unpaired) electrons. The van der Waals surface area contributed by atoms with Gasteiger partial charge in [-0.15, -0.1) is 5.48 Å². The number of hydrogen-bond donors (Lipinski definition) is 1. The number of nitrogens with one attached hydrogen (secondary N) is 1. The first-order valence-electron chi connectivity index (χ1n) is 8.30. The molecule has 1 atom stereocenters. The van der Waals surface area contributed by atoms with E-state index in [0.29, 0.717) is 5.56 Å². The van der Waals surface area contributed by atoms with Crippen LogP contribution in [0.5, 0.6) is 0 Å². The van der Waals surface area contributed by atoms with Crippen molar-refractivity contribution in [2.24, 2.45) is 0 Å². The summed E-state index contributed by atoms with van der Waals surface area (Å²) < 4.78 is 10.2. The van der Waals surface area contributed by atoms with Crippen LogP contribution in [0.3, 0.4) is 0 Å². The van der Waals surface area contributed by atoms with Gasteiger partial charge in [0.2, 0.25) is 0 Å². The van der Waals surface area contributed by atoms with Crippen molar-refractivity contribution < 1.29 is 23.9 Å². The van der Waals surface area contributed by atoms with Crippen molar-refractivity contribution in [1.29, 1.82) is 0 Å². The molecular weight excluding hydrogens is 322 g/mol. The fourth-order valence-corrected chi connectivity index (χ4v) is 2.58. The molecule has 6 nitrogen and oxygen atoms in total. The first-order valence-corrected chi connectivity index (χ1v) is 8.30. The molecule has 1 amide bonds. The summed E-state index contributed by atoms with van der Waals surface area (Å²) in [4.78, 5) is 28.5. The normalized spacial score (nSPS) is 12.0. The Labute approximate surface area is 149 Å². The summed E-state index contributed by atoms with van der Waals surface area (Å²) in [5.41, 5.74) is 5.09. The summed E-state index contributed by atoms with van der Waals surface area (Å²) in [7, 11) is 1.63. The van der Waals surface area contributed by atoms with Crippen LogP contribution < -0.4 is 5.48 Å². The third-order valence-corrected chi connectivity index (χ3v) is 3.65. The second-order valence-corrected chi connectivity index (χ2v) is 5.85. The average Bonchev–Trinajstić information content (AvgIpc) is 2.54. The summed E-state index contributed by atoms with van der Waals surface area (Å²) in [6.07, 6.45) is 4.59. The first-order chi connectivity index (χ1) is 11.9. The second kappa shape index (κ2) is 10.5. The monoisotopic (exact) mass is 349 g/mol. The summed E-state index contributed by atoms with van der Waals surface area (Å²) in [6, 6.07) is 3.77. The van der Waals surface area contributed by atoms with Gasteiger partial charge in [-0.1, -0.05) is 37.1 Å². The number of aryl methyl sites for hydroxylation is 3. The largest absolute Gasteiger partial charge is 0.443 e. The number of ether oxygens (including phenoxy) is 2. The highest BCUT2D eigenvalue weighted by molar-refractivity contribution is 5.93. The molecule has 1 aromatic rings. The quantitative estimate of drug-likeness (QED) is 0.599. The lowest BCUT2D eigenvalue weighted by Gasteiger charge is -2.11. The molecule has 1 rings (SSSR count). The Morgan fingerprint density at radius 1 is 1.20 bits per heavy atom. The van der Waals surface area contributed by atoms with Crippen molar-refractivity contribution in [2.45, 2.75) is 46.6 Å². The summed E-state index contributed by atoms with van der Waals surface area (Å²) >= 11 is 0. The number of carbonyl (C=O) groups is 2. The Morgan fingerprint density at radius 2 is 1.84 bits per heavy atom. The van der Waals surface area contributed by atoms with Crippen molar-refractivity contribution >= 4 is 12.1 Å². The molecule has 138 valence electrons. The molecule has 0 bridgehead atoms. The Hall–Kier alpha value is -2.34. The molecule has 0 aliphatic heterocycles. The van der Waals surface area contributed by atoms with Crippen molar-refractivity contribution in [3.8, 4) is 0 Å². The molecule has 25 heavy (non-hydrogen) atoms. The van der Waals surface area contributed by atoms with Gasteiger partial charge in [0.05, 0.1) is 11.7 Å². The number of methoxy groups -OCH3 is 1. The minimum Gasteiger partial charge on any atom is -0.443 e. The van der Waals surface area contributed by atoms with Gasteiger partial charge >= 0.3 is 12.1 Å². The third kappa shape index (κ3) is 6.97. The predicted molar refractivity (Wildman–Crippen MR) is 95.4 cm³/mol. The average molecular weight is 349 g/mol. The number of hydrogen-bond acceptors (Lipinski definition) is 5. The van der Waals surface area contributed by atoms with Gasteiger partial charge in [0.1, 0.15) is 6.61 Å². The molecule has 0 spiro atoms. The van der Waals surface area contributed by atoms with Crippen molar-refractivity contribution in [1.82, 2.24) is 5.48 Å². The van der Waals surface area contributed by atoms with Gasteiger partial charge < -0.3 is 14.3 Å². The van der Waals surface area contributed by atoms with Crippen molar-refractivity contribution in [3.63, 3.8) is 0 Å². The number of hydroxylamine groups is 1. The van der Waals surface area contributed by atoms with E-state index in [1.54, 1.807) is 13.2 Å². The van der Waals surface area contributed by atoms with Crippen LogP contribution in [0.25, 0.3) is 0 Å². The fraction of sp³-hybridized carbons (Fsp3) is 0.474. The van der Waals surface area contributed by atoms with Crippen LogP contribution in [0.1, 0.15) is 46.8 Å². The highest BCUT2D eigenvalue weighted by atomic mass is 16.7. The maximum atomic E-state index is 12.1. The van der Waals surface area contributed by atoms with E-state index in [1.807, 2.05) is 44.5 Å². The maximum Gasteiger partial charge on any atom is 0.441 e. The molecule has 1 unspecified atom stereocenters. The maximum absolute atomic E-state index is 12.1.